The van der Waals surface area contributed by atoms with Crippen molar-refractivity contribution in [3.63, 3.8) is 0 Å². The average Bonchev–Trinajstić information content (AvgIpc) is 2.33. The highest BCUT2D eigenvalue weighted by molar-refractivity contribution is 5.98. The second-order valence-corrected chi connectivity index (χ2v) is 7.62. The normalized spacial score (nSPS) is 12.1. The molecule has 0 aliphatic heterocycles. The summed E-state index contributed by atoms with van der Waals surface area (Å²) in [6.45, 7) is 12.9. The minimum Gasteiger partial charge on any atom is -0.507 e. The number of Topliss-reactive ketones (excluding diaryl/α,β-unsaturated/α-hetero) is 1. The Morgan fingerprint density at radius 2 is 1.41 bits per heavy atom. The Balaban J connectivity index is 3.41. The Hall–Kier alpha value is -1.84. The van der Waals surface area contributed by atoms with Gasteiger partial charge in [0.1, 0.15) is 5.75 Å². The first kappa shape index (κ1) is 18.2. The van der Waals surface area contributed by atoms with E-state index in [0.29, 0.717) is 16.7 Å². The van der Waals surface area contributed by atoms with E-state index in [9.17, 15) is 14.7 Å². The van der Waals surface area contributed by atoms with E-state index in [2.05, 4.69) is 0 Å². The minimum absolute atomic E-state index is 0.226. The number of hydrogen-bond donors (Lipinski definition) is 1. The molecule has 1 aromatic carbocycles. The highest BCUT2D eigenvalue weighted by atomic mass is 16.5. The lowest BCUT2D eigenvalue weighted by molar-refractivity contribution is -0.139. The molecule has 0 aromatic heterocycles. The van der Waals surface area contributed by atoms with Crippen LogP contribution in [0.2, 0.25) is 0 Å². The van der Waals surface area contributed by atoms with Crippen LogP contribution in [-0.4, -0.2) is 23.5 Å². The van der Waals surface area contributed by atoms with Crippen molar-refractivity contribution in [1.29, 1.82) is 0 Å². The van der Waals surface area contributed by atoms with Crippen LogP contribution in [0.3, 0.4) is 0 Å². The molecular formula is C18H26O4. The molecule has 4 nitrogen and oxygen atoms in total. The van der Waals surface area contributed by atoms with Gasteiger partial charge >= 0.3 is 5.97 Å². The van der Waals surface area contributed by atoms with Gasteiger partial charge in [-0.15, -0.1) is 0 Å². The molecule has 0 amide bonds. The predicted octanol–water partition coefficient (Wildman–Crippen LogP) is 3.73. The van der Waals surface area contributed by atoms with Crippen molar-refractivity contribution in [2.45, 2.75) is 59.3 Å². The van der Waals surface area contributed by atoms with Crippen LogP contribution in [0.1, 0.15) is 70.0 Å². The molecule has 0 saturated carbocycles. The number of phenols is 1. The van der Waals surface area contributed by atoms with Crippen LogP contribution in [0.15, 0.2) is 12.1 Å². The van der Waals surface area contributed by atoms with Gasteiger partial charge in [0.25, 0.3) is 0 Å². The van der Waals surface area contributed by atoms with E-state index in [1.54, 1.807) is 12.1 Å². The number of carbonyl (C=O) groups excluding carboxylic acids is 2. The van der Waals surface area contributed by atoms with Crippen LogP contribution < -0.4 is 0 Å². The number of esters is 1. The molecule has 0 radical (unpaired) electrons. The maximum absolute atomic E-state index is 12.3. The van der Waals surface area contributed by atoms with Crippen molar-refractivity contribution in [2.75, 3.05) is 6.61 Å². The summed E-state index contributed by atoms with van der Waals surface area (Å²) in [5.74, 6) is -0.533. The van der Waals surface area contributed by atoms with Gasteiger partial charge in [-0.1, -0.05) is 41.5 Å². The molecule has 122 valence electrons. The van der Waals surface area contributed by atoms with Crippen LogP contribution in [0.5, 0.6) is 5.75 Å². The van der Waals surface area contributed by atoms with Crippen molar-refractivity contribution in [3.05, 3.63) is 28.8 Å². The lowest BCUT2D eigenvalue weighted by Gasteiger charge is -2.28. The predicted molar refractivity (Wildman–Crippen MR) is 86.5 cm³/mol. The van der Waals surface area contributed by atoms with Crippen LogP contribution in [0, 0.1) is 0 Å². The fourth-order valence-electron chi connectivity index (χ4n) is 2.19. The monoisotopic (exact) mass is 306 g/mol. The first-order valence-corrected chi connectivity index (χ1v) is 7.38. The first-order valence-electron chi connectivity index (χ1n) is 7.38. The fourth-order valence-corrected chi connectivity index (χ4v) is 2.19. The van der Waals surface area contributed by atoms with E-state index in [1.807, 2.05) is 41.5 Å². The van der Waals surface area contributed by atoms with Crippen molar-refractivity contribution in [3.8, 4) is 5.75 Å². The Kier molecular flexibility index (Phi) is 5.06. The van der Waals surface area contributed by atoms with E-state index in [1.165, 1.54) is 6.92 Å². The molecule has 0 unspecified atom stereocenters. The molecule has 1 N–H and O–H groups in total. The molecule has 0 heterocycles. The average molecular weight is 306 g/mol. The molecule has 0 saturated heterocycles. The molecular weight excluding hydrogens is 280 g/mol. The highest BCUT2D eigenvalue weighted by Gasteiger charge is 2.27. The van der Waals surface area contributed by atoms with Gasteiger partial charge in [0.2, 0.25) is 0 Å². The maximum Gasteiger partial charge on any atom is 0.303 e. The number of ketones is 1. The summed E-state index contributed by atoms with van der Waals surface area (Å²) in [6, 6.07) is 3.38. The lowest BCUT2D eigenvalue weighted by Crippen LogP contribution is -2.20. The molecule has 0 atom stereocenters. The molecule has 22 heavy (non-hydrogen) atoms. The van der Waals surface area contributed by atoms with Crippen molar-refractivity contribution >= 4 is 11.8 Å². The van der Waals surface area contributed by atoms with E-state index in [-0.39, 0.29) is 29.0 Å². The molecule has 0 fully saturated rings. The minimum atomic E-state index is -0.487. The second kappa shape index (κ2) is 6.11. The molecule has 0 spiro atoms. The smallest absolute Gasteiger partial charge is 0.303 e. The zero-order valence-electron chi connectivity index (χ0n) is 14.5. The number of aromatic hydroxyl groups is 1. The summed E-state index contributed by atoms with van der Waals surface area (Å²) in [6.07, 6.45) is 0. The number of phenolic OH excluding ortho intramolecular Hbond substituents is 1. The summed E-state index contributed by atoms with van der Waals surface area (Å²) < 4.78 is 4.79. The zero-order chi connectivity index (χ0) is 17.3. The van der Waals surface area contributed by atoms with Gasteiger partial charge < -0.3 is 9.84 Å². The van der Waals surface area contributed by atoms with Crippen molar-refractivity contribution in [1.82, 2.24) is 0 Å². The summed E-state index contributed by atoms with van der Waals surface area (Å²) in [5, 5.41) is 10.6. The van der Waals surface area contributed by atoms with E-state index < -0.39 is 5.97 Å². The lowest BCUT2D eigenvalue weighted by atomic mass is 9.78. The molecule has 1 aromatic rings. The van der Waals surface area contributed by atoms with E-state index in [0.717, 1.165) is 0 Å². The summed E-state index contributed by atoms with van der Waals surface area (Å²) in [4.78, 5) is 23.1. The van der Waals surface area contributed by atoms with Crippen LogP contribution in [-0.2, 0) is 20.4 Å². The van der Waals surface area contributed by atoms with Crippen LogP contribution in [0.4, 0.5) is 0 Å². The third-order valence-electron chi connectivity index (χ3n) is 3.45. The third-order valence-corrected chi connectivity index (χ3v) is 3.45. The van der Waals surface area contributed by atoms with Crippen LogP contribution in [0.25, 0.3) is 0 Å². The molecule has 0 aliphatic rings. The molecule has 1 rings (SSSR count). The van der Waals surface area contributed by atoms with Crippen molar-refractivity contribution in [2.24, 2.45) is 0 Å². The topological polar surface area (TPSA) is 63.6 Å². The Morgan fingerprint density at radius 1 is 1.00 bits per heavy atom. The zero-order valence-corrected chi connectivity index (χ0v) is 14.5. The maximum atomic E-state index is 12.3. The third kappa shape index (κ3) is 4.33. The molecule has 0 aliphatic carbocycles. The number of benzene rings is 1. The Bertz CT molecular complexity index is 551. The SMILES string of the molecule is CC(=O)OCC(=O)c1cc(C(C)(C)C)c(O)c(C(C)(C)C)c1. The van der Waals surface area contributed by atoms with Gasteiger partial charge in [-0.25, -0.2) is 0 Å². The number of hydrogen-bond acceptors (Lipinski definition) is 4. The quantitative estimate of drug-likeness (QED) is 0.682. The van der Waals surface area contributed by atoms with Gasteiger partial charge in [0, 0.05) is 23.6 Å². The van der Waals surface area contributed by atoms with Gasteiger partial charge in [0.15, 0.2) is 12.4 Å². The standard InChI is InChI=1S/C18H26O4/c1-11(19)22-10-15(20)12-8-13(17(2,3)4)16(21)14(9-12)18(5,6)7/h8-9,21H,10H2,1-7H3. The Labute approximate surface area is 132 Å². The molecule has 4 heteroatoms. The molecule has 0 bridgehead atoms. The van der Waals surface area contributed by atoms with Gasteiger partial charge in [-0.2, -0.15) is 0 Å². The Morgan fingerprint density at radius 3 is 1.73 bits per heavy atom. The fraction of sp³-hybridized carbons (Fsp3) is 0.556. The first-order chi connectivity index (χ1) is 9.84. The van der Waals surface area contributed by atoms with Gasteiger partial charge in [-0.05, 0) is 23.0 Å². The van der Waals surface area contributed by atoms with Crippen molar-refractivity contribution < 1.29 is 19.4 Å². The van der Waals surface area contributed by atoms with Gasteiger partial charge in [-0.3, -0.25) is 9.59 Å². The number of carbonyl (C=O) groups is 2. The van der Waals surface area contributed by atoms with Gasteiger partial charge in [0.05, 0.1) is 0 Å². The summed E-state index contributed by atoms with van der Waals surface area (Å²) in [5.41, 5.74) is 1.27. The van der Waals surface area contributed by atoms with E-state index >= 15 is 0 Å². The highest BCUT2D eigenvalue weighted by Crippen LogP contribution is 2.39. The largest absolute Gasteiger partial charge is 0.507 e. The number of rotatable bonds is 3. The number of ether oxygens (including phenoxy) is 1. The summed E-state index contributed by atoms with van der Waals surface area (Å²) >= 11 is 0. The van der Waals surface area contributed by atoms with E-state index in [4.69, 9.17) is 4.74 Å². The summed E-state index contributed by atoms with van der Waals surface area (Å²) in [7, 11) is 0. The van der Waals surface area contributed by atoms with Crippen LogP contribution >= 0.6 is 0 Å². The second-order valence-electron chi connectivity index (χ2n) is 7.62.